The number of rotatable bonds is 2. The molecule has 2 rings (SSSR count). The van der Waals surface area contributed by atoms with Gasteiger partial charge in [0.15, 0.2) is 0 Å². The summed E-state index contributed by atoms with van der Waals surface area (Å²) in [4.78, 5) is 23.7. The Morgan fingerprint density at radius 1 is 1.24 bits per heavy atom. The van der Waals surface area contributed by atoms with E-state index in [1.54, 1.807) is 23.9 Å². The SMILES string of the molecule is CC#CCn1ccn(C2CCCC2)c(=O)c1=O. The van der Waals surface area contributed by atoms with E-state index in [1.807, 2.05) is 0 Å². The topological polar surface area (TPSA) is 44.0 Å². The summed E-state index contributed by atoms with van der Waals surface area (Å²) in [6.07, 6.45) is 7.66. The lowest BCUT2D eigenvalue weighted by atomic mass is 10.2. The van der Waals surface area contributed by atoms with E-state index in [1.165, 1.54) is 4.57 Å². The van der Waals surface area contributed by atoms with Crippen LogP contribution in [0.15, 0.2) is 22.0 Å². The van der Waals surface area contributed by atoms with Crippen molar-refractivity contribution in [3.05, 3.63) is 33.1 Å². The normalized spacial score (nSPS) is 15.6. The molecule has 0 radical (unpaired) electrons. The Balaban J connectivity index is 2.37. The van der Waals surface area contributed by atoms with Crippen molar-refractivity contribution in [2.45, 2.75) is 45.2 Å². The lowest BCUT2D eigenvalue weighted by Gasteiger charge is -2.13. The first-order valence-corrected chi connectivity index (χ1v) is 5.95. The number of hydrogen-bond acceptors (Lipinski definition) is 2. The maximum atomic E-state index is 11.9. The zero-order valence-corrected chi connectivity index (χ0v) is 9.98. The summed E-state index contributed by atoms with van der Waals surface area (Å²) >= 11 is 0. The molecule has 0 N–H and O–H groups in total. The lowest BCUT2D eigenvalue weighted by molar-refractivity contribution is 0.489. The Kier molecular flexibility index (Phi) is 3.48. The third-order valence-corrected chi connectivity index (χ3v) is 3.23. The van der Waals surface area contributed by atoms with Gasteiger partial charge in [-0.25, -0.2) is 0 Å². The second-order valence-electron chi connectivity index (χ2n) is 4.31. The molecule has 1 aliphatic carbocycles. The quantitative estimate of drug-likeness (QED) is 0.567. The van der Waals surface area contributed by atoms with Crippen LogP contribution in [0.2, 0.25) is 0 Å². The van der Waals surface area contributed by atoms with Gasteiger partial charge in [-0.1, -0.05) is 18.8 Å². The van der Waals surface area contributed by atoms with Crippen LogP contribution in [0.4, 0.5) is 0 Å². The predicted molar refractivity (Wildman–Crippen MR) is 65.9 cm³/mol. The first-order valence-electron chi connectivity index (χ1n) is 5.95. The van der Waals surface area contributed by atoms with Gasteiger partial charge in [0.1, 0.15) is 0 Å². The van der Waals surface area contributed by atoms with Crippen LogP contribution in [-0.2, 0) is 6.54 Å². The van der Waals surface area contributed by atoms with Gasteiger partial charge >= 0.3 is 11.1 Å². The van der Waals surface area contributed by atoms with Gasteiger partial charge in [0.25, 0.3) is 0 Å². The van der Waals surface area contributed by atoms with Crippen molar-refractivity contribution in [2.75, 3.05) is 0 Å². The molecule has 1 heterocycles. The fourth-order valence-corrected chi connectivity index (χ4v) is 2.28. The monoisotopic (exact) mass is 232 g/mol. The number of aromatic nitrogens is 2. The molecule has 1 saturated carbocycles. The standard InChI is InChI=1S/C13H16N2O2/c1-2-3-8-14-9-10-15(13(17)12(14)16)11-6-4-5-7-11/h9-11H,4-8H2,1H3. The van der Waals surface area contributed by atoms with Crippen LogP contribution >= 0.6 is 0 Å². The average molecular weight is 232 g/mol. The van der Waals surface area contributed by atoms with Gasteiger partial charge in [-0.2, -0.15) is 0 Å². The zero-order valence-electron chi connectivity index (χ0n) is 9.98. The fourth-order valence-electron chi connectivity index (χ4n) is 2.28. The Morgan fingerprint density at radius 2 is 1.94 bits per heavy atom. The summed E-state index contributed by atoms with van der Waals surface area (Å²) in [5, 5.41) is 0. The van der Waals surface area contributed by atoms with Gasteiger partial charge in [-0.05, 0) is 19.8 Å². The molecule has 17 heavy (non-hydrogen) atoms. The molecule has 1 aliphatic rings. The molecule has 0 bridgehead atoms. The molecule has 90 valence electrons. The summed E-state index contributed by atoms with van der Waals surface area (Å²) < 4.78 is 2.95. The van der Waals surface area contributed by atoms with E-state index in [9.17, 15) is 9.59 Å². The molecule has 0 unspecified atom stereocenters. The second-order valence-corrected chi connectivity index (χ2v) is 4.31. The minimum absolute atomic E-state index is 0.210. The second kappa shape index (κ2) is 5.05. The average Bonchev–Trinajstić information content (AvgIpc) is 2.85. The van der Waals surface area contributed by atoms with Crippen LogP contribution in [0.25, 0.3) is 0 Å². The van der Waals surface area contributed by atoms with Crippen molar-refractivity contribution < 1.29 is 0 Å². The van der Waals surface area contributed by atoms with Crippen LogP contribution in [0.3, 0.4) is 0 Å². The molecule has 0 aliphatic heterocycles. The highest BCUT2D eigenvalue weighted by atomic mass is 16.2. The van der Waals surface area contributed by atoms with Crippen molar-refractivity contribution in [1.82, 2.24) is 9.13 Å². The smallest absolute Gasteiger partial charge is 0.306 e. The van der Waals surface area contributed by atoms with E-state index in [-0.39, 0.29) is 12.6 Å². The molecule has 4 heteroatoms. The van der Waals surface area contributed by atoms with Crippen LogP contribution in [0.1, 0.15) is 38.6 Å². The van der Waals surface area contributed by atoms with Gasteiger partial charge in [0, 0.05) is 18.4 Å². The highest BCUT2D eigenvalue weighted by molar-refractivity contribution is 4.98. The van der Waals surface area contributed by atoms with Gasteiger partial charge in [0.05, 0.1) is 6.54 Å². The van der Waals surface area contributed by atoms with Crippen molar-refractivity contribution in [2.24, 2.45) is 0 Å². The first kappa shape index (κ1) is 11.7. The minimum Gasteiger partial charge on any atom is -0.306 e. The molecule has 0 amide bonds. The van der Waals surface area contributed by atoms with Crippen molar-refractivity contribution >= 4 is 0 Å². The van der Waals surface area contributed by atoms with Gasteiger partial charge in [0.2, 0.25) is 0 Å². The Labute approximate surface area is 99.9 Å². The van der Waals surface area contributed by atoms with Crippen LogP contribution in [0, 0.1) is 11.8 Å². The first-order chi connectivity index (χ1) is 8.24. The predicted octanol–water partition coefficient (Wildman–Crippen LogP) is 1.15. The molecular formula is C13H16N2O2. The fraction of sp³-hybridized carbons (Fsp3) is 0.538. The summed E-state index contributed by atoms with van der Waals surface area (Å²) in [5.74, 6) is 5.50. The minimum atomic E-state index is -0.470. The van der Waals surface area contributed by atoms with Gasteiger partial charge in [-0.15, -0.1) is 5.92 Å². The van der Waals surface area contributed by atoms with Crippen LogP contribution in [-0.4, -0.2) is 9.13 Å². The largest absolute Gasteiger partial charge is 0.317 e. The van der Waals surface area contributed by atoms with E-state index in [0.29, 0.717) is 0 Å². The molecule has 0 aromatic carbocycles. The zero-order chi connectivity index (χ0) is 12.3. The summed E-state index contributed by atoms with van der Waals surface area (Å²) in [6.45, 7) is 2.00. The summed E-state index contributed by atoms with van der Waals surface area (Å²) in [7, 11) is 0. The van der Waals surface area contributed by atoms with Crippen LogP contribution < -0.4 is 11.1 Å². The van der Waals surface area contributed by atoms with E-state index < -0.39 is 11.1 Å². The van der Waals surface area contributed by atoms with Crippen molar-refractivity contribution in [1.29, 1.82) is 0 Å². The Morgan fingerprint density at radius 3 is 2.59 bits per heavy atom. The molecule has 4 nitrogen and oxygen atoms in total. The maximum Gasteiger partial charge on any atom is 0.317 e. The van der Waals surface area contributed by atoms with E-state index in [4.69, 9.17) is 0 Å². The van der Waals surface area contributed by atoms with E-state index >= 15 is 0 Å². The third-order valence-electron chi connectivity index (χ3n) is 3.23. The Bertz CT molecular complexity index is 566. The maximum absolute atomic E-state index is 11.9. The van der Waals surface area contributed by atoms with E-state index in [0.717, 1.165) is 25.7 Å². The van der Waals surface area contributed by atoms with Crippen molar-refractivity contribution in [3.8, 4) is 11.8 Å². The van der Waals surface area contributed by atoms with Gasteiger partial charge < -0.3 is 4.57 Å². The van der Waals surface area contributed by atoms with E-state index in [2.05, 4.69) is 11.8 Å². The highest BCUT2D eigenvalue weighted by Crippen LogP contribution is 2.27. The number of nitrogens with zero attached hydrogens (tertiary/aromatic N) is 2. The molecule has 1 aromatic rings. The Hall–Kier alpha value is -1.76. The molecule has 1 fully saturated rings. The summed E-state index contributed by atoms with van der Waals surface area (Å²) in [6, 6.07) is 0.210. The highest BCUT2D eigenvalue weighted by Gasteiger charge is 2.18. The molecular weight excluding hydrogens is 216 g/mol. The van der Waals surface area contributed by atoms with Gasteiger partial charge in [-0.3, -0.25) is 14.2 Å². The van der Waals surface area contributed by atoms with Crippen LogP contribution in [0.5, 0.6) is 0 Å². The molecule has 0 atom stereocenters. The summed E-state index contributed by atoms with van der Waals surface area (Å²) in [5.41, 5.74) is -0.889. The lowest BCUT2D eigenvalue weighted by Crippen LogP contribution is -2.41. The molecule has 1 aromatic heterocycles. The third kappa shape index (κ3) is 2.33. The molecule has 0 saturated heterocycles. The number of hydrogen-bond donors (Lipinski definition) is 0. The molecule has 0 spiro atoms. The van der Waals surface area contributed by atoms with Crippen molar-refractivity contribution in [3.63, 3.8) is 0 Å².